The van der Waals surface area contributed by atoms with E-state index in [1.165, 1.54) is 88.2 Å². The van der Waals surface area contributed by atoms with E-state index >= 15 is 0 Å². The van der Waals surface area contributed by atoms with Gasteiger partial charge in [-0.3, -0.25) is 0 Å². The van der Waals surface area contributed by atoms with Crippen LogP contribution < -0.4 is 0 Å². The molecule has 1 fully saturated rings. The van der Waals surface area contributed by atoms with Gasteiger partial charge in [0.05, 0.1) is 0 Å². The summed E-state index contributed by atoms with van der Waals surface area (Å²) in [5.74, 6) is 8.08. The Balaban J connectivity index is 1.66. The van der Waals surface area contributed by atoms with E-state index in [1.54, 1.807) is 0 Å². The molecule has 28 heavy (non-hydrogen) atoms. The van der Waals surface area contributed by atoms with Crippen molar-refractivity contribution in [3.05, 3.63) is 53.6 Å². The van der Waals surface area contributed by atoms with Gasteiger partial charge in [0.15, 0.2) is 0 Å². The van der Waals surface area contributed by atoms with Crippen molar-refractivity contribution in [3.8, 4) is 11.8 Å². The quantitative estimate of drug-likeness (QED) is 0.284. The van der Waals surface area contributed by atoms with Crippen molar-refractivity contribution in [2.45, 2.75) is 90.9 Å². The highest BCUT2D eigenvalue weighted by Gasteiger charge is 2.18. The van der Waals surface area contributed by atoms with Crippen LogP contribution in [-0.2, 0) is 6.42 Å². The lowest BCUT2D eigenvalue weighted by atomic mass is 9.79. The Labute approximate surface area is 174 Å². The molecule has 1 aliphatic rings. The van der Waals surface area contributed by atoms with Crippen molar-refractivity contribution in [2.24, 2.45) is 11.8 Å². The SMILES string of the molecule is CCCCCc1ccc(C=CC#CC=CC2CCC(CCCCC)CC2)cc1. The first-order valence-corrected chi connectivity index (χ1v) is 11.7. The summed E-state index contributed by atoms with van der Waals surface area (Å²) in [6, 6.07) is 8.91. The topological polar surface area (TPSA) is 0 Å². The van der Waals surface area contributed by atoms with Crippen molar-refractivity contribution in [1.29, 1.82) is 0 Å². The third-order valence-electron chi connectivity index (χ3n) is 6.05. The molecule has 1 aromatic carbocycles. The summed E-state index contributed by atoms with van der Waals surface area (Å²) in [6.07, 6.45) is 24.8. The average molecular weight is 377 g/mol. The van der Waals surface area contributed by atoms with Gasteiger partial charge in [0, 0.05) is 0 Å². The molecular formula is C28H40. The minimum absolute atomic E-state index is 0.751. The molecule has 2 rings (SSSR count). The molecule has 0 N–H and O–H groups in total. The normalized spacial score (nSPS) is 19.8. The third kappa shape index (κ3) is 9.45. The van der Waals surface area contributed by atoms with Crippen molar-refractivity contribution < 1.29 is 0 Å². The van der Waals surface area contributed by atoms with E-state index in [-0.39, 0.29) is 0 Å². The summed E-state index contributed by atoms with van der Waals surface area (Å²) in [7, 11) is 0. The molecule has 0 unspecified atom stereocenters. The molecule has 0 aliphatic heterocycles. The van der Waals surface area contributed by atoms with Crippen LogP contribution in [-0.4, -0.2) is 0 Å². The number of hydrogen-bond acceptors (Lipinski definition) is 0. The van der Waals surface area contributed by atoms with E-state index in [0.29, 0.717) is 0 Å². The standard InChI is InChI=1S/C28H40/c1-3-5-9-13-25-17-21-27(22-18-25)15-11-7-8-12-16-28-23-19-26(20-24-28)14-10-6-4-2/h11-12,15-18,21-22,26,28H,3-6,9-10,13-14,19-20,23-24H2,1-2H3. The number of allylic oxidation sites excluding steroid dienone is 3. The van der Waals surface area contributed by atoms with Crippen LogP contribution in [0, 0.1) is 23.7 Å². The molecule has 0 heterocycles. The summed E-state index contributed by atoms with van der Waals surface area (Å²) >= 11 is 0. The molecule has 0 bridgehead atoms. The van der Waals surface area contributed by atoms with Gasteiger partial charge in [-0.2, -0.15) is 0 Å². The van der Waals surface area contributed by atoms with Crippen LogP contribution in [0.25, 0.3) is 6.08 Å². The summed E-state index contributed by atoms with van der Waals surface area (Å²) in [6.45, 7) is 4.55. The van der Waals surface area contributed by atoms with E-state index in [4.69, 9.17) is 0 Å². The highest BCUT2D eigenvalue weighted by Crippen LogP contribution is 2.32. The molecule has 152 valence electrons. The second-order valence-corrected chi connectivity index (χ2v) is 8.46. The van der Waals surface area contributed by atoms with E-state index < -0.39 is 0 Å². The fourth-order valence-electron chi connectivity index (χ4n) is 4.15. The van der Waals surface area contributed by atoms with E-state index in [1.807, 2.05) is 6.08 Å². The van der Waals surface area contributed by atoms with Gasteiger partial charge in [-0.25, -0.2) is 0 Å². The first kappa shape index (κ1) is 22.5. The molecule has 0 atom stereocenters. The lowest BCUT2D eigenvalue weighted by Gasteiger charge is -2.26. The molecular weight excluding hydrogens is 336 g/mol. The molecule has 0 amide bonds. The van der Waals surface area contributed by atoms with Crippen LogP contribution in [0.5, 0.6) is 0 Å². The van der Waals surface area contributed by atoms with Crippen LogP contribution in [0.4, 0.5) is 0 Å². The Morgan fingerprint density at radius 1 is 0.821 bits per heavy atom. The van der Waals surface area contributed by atoms with Crippen molar-refractivity contribution in [3.63, 3.8) is 0 Å². The smallest absolute Gasteiger partial charge is 0.0109 e. The van der Waals surface area contributed by atoms with Crippen LogP contribution in [0.1, 0.15) is 95.6 Å². The number of benzene rings is 1. The number of hydrogen-bond donors (Lipinski definition) is 0. The van der Waals surface area contributed by atoms with Gasteiger partial charge in [0.2, 0.25) is 0 Å². The van der Waals surface area contributed by atoms with Gasteiger partial charge in [0.1, 0.15) is 0 Å². The second kappa shape index (κ2) is 14.3. The van der Waals surface area contributed by atoms with Gasteiger partial charge >= 0.3 is 0 Å². The fourth-order valence-corrected chi connectivity index (χ4v) is 4.15. The third-order valence-corrected chi connectivity index (χ3v) is 6.05. The molecule has 1 saturated carbocycles. The number of rotatable bonds is 10. The number of aryl methyl sites for hydroxylation is 1. The lowest BCUT2D eigenvalue weighted by molar-refractivity contribution is 0.289. The predicted octanol–water partition coefficient (Wildman–Crippen LogP) is 8.38. The van der Waals surface area contributed by atoms with Crippen LogP contribution in [0.2, 0.25) is 0 Å². The van der Waals surface area contributed by atoms with Crippen LogP contribution >= 0.6 is 0 Å². The first-order valence-electron chi connectivity index (χ1n) is 11.7. The summed E-state index contributed by atoms with van der Waals surface area (Å²) in [5.41, 5.74) is 2.68. The maximum atomic E-state index is 3.18. The van der Waals surface area contributed by atoms with Crippen molar-refractivity contribution >= 4 is 6.08 Å². The van der Waals surface area contributed by atoms with E-state index in [2.05, 4.69) is 68.2 Å². The predicted molar refractivity (Wildman–Crippen MR) is 125 cm³/mol. The van der Waals surface area contributed by atoms with Crippen LogP contribution in [0.3, 0.4) is 0 Å². The highest BCUT2D eigenvalue weighted by molar-refractivity contribution is 5.53. The van der Waals surface area contributed by atoms with Crippen LogP contribution in [0.15, 0.2) is 42.5 Å². The van der Waals surface area contributed by atoms with Gasteiger partial charge in [-0.15, -0.1) is 0 Å². The Hall–Kier alpha value is -1.74. The zero-order chi connectivity index (χ0) is 19.9. The summed E-state index contributed by atoms with van der Waals surface area (Å²) in [4.78, 5) is 0. The first-order chi connectivity index (χ1) is 13.8. The maximum Gasteiger partial charge on any atom is -0.0109 e. The minimum Gasteiger partial charge on any atom is -0.0730 e. The molecule has 0 radical (unpaired) electrons. The lowest BCUT2D eigenvalue weighted by Crippen LogP contribution is -2.12. The molecule has 0 nitrogen and oxygen atoms in total. The van der Waals surface area contributed by atoms with Crippen molar-refractivity contribution in [1.82, 2.24) is 0 Å². The summed E-state index contributed by atoms with van der Waals surface area (Å²) in [5, 5.41) is 0. The van der Waals surface area contributed by atoms with Crippen molar-refractivity contribution in [2.75, 3.05) is 0 Å². The Kier molecular flexibility index (Phi) is 11.5. The zero-order valence-corrected chi connectivity index (χ0v) is 18.3. The minimum atomic E-state index is 0.751. The Morgan fingerprint density at radius 3 is 2.21 bits per heavy atom. The largest absolute Gasteiger partial charge is 0.0730 e. The molecule has 1 aliphatic carbocycles. The summed E-state index contributed by atoms with van der Waals surface area (Å²) < 4.78 is 0. The molecule has 0 spiro atoms. The van der Waals surface area contributed by atoms with E-state index in [0.717, 1.165) is 11.8 Å². The molecule has 0 aromatic heterocycles. The maximum absolute atomic E-state index is 3.18. The fraction of sp³-hybridized carbons (Fsp3) is 0.571. The van der Waals surface area contributed by atoms with Gasteiger partial charge in [-0.1, -0.05) is 94.6 Å². The van der Waals surface area contributed by atoms with Gasteiger partial charge in [-0.05, 0) is 79.7 Å². The van der Waals surface area contributed by atoms with Gasteiger partial charge < -0.3 is 0 Å². The Morgan fingerprint density at radius 2 is 1.50 bits per heavy atom. The number of unbranched alkanes of at least 4 members (excludes halogenated alkanes) is 4. The van der Waals surface area contributed by atoms with Gasteiger partial charge in [0.25, 0.3) is 0 Å². The Bertz CT molecular complexity index is 627. The second-order valence-electron chi connectivity index (χ2n) is 8.46. The molecule has 0 heteroatoms. The van der Waals surface area contributed by atoms with E-state index in [9.17, 15) is 0 Å². The molecule has 0 saturated heterocycles. The zero-order valence-electron chi connectivity index (χ0n) is 18.3. The monoisotopic (exact) mass is 376 g/mol. The molecule has 1 aromatic rings. The average Bonchev–Trinajstić information content (AvgIpc) is 2.73. The highest BCUT2D eigenvalue weighted by atomic mass is 14.2.